The lowest BCUT2D eigenvalue weighted by Gasteiger charge is -2.09. The third kappa shape index (κ3) is 3.25. The second kappa shape index (κ2) is 5.92. The molecule has 1 unspecified atom stereocenters. The number of benzene rings is 1. The number of carbonyl (C=O) groups is 1. The first-order valence-electron chi connectivity index (χ1n) is 5.43. The quantitative estimate of drug-likeness (QED) is 0.815. The molecule has 1 amide bonds. The van der Waals surface area contributed by atoms with E-state index in [1.165, 1.54) is 0 Å². The predicted octanol–water partition coefficient (Wildman–Crippen LogP) is 2.13. The molecule has 1 atom stereocenters. The number of thioether (sulfide) groups is 1. The zero-order valence-corrected chi connectivity index (χ0v) is 9.83. The van der Waals surface area contributed by atoms with Crippen molar-refractivity contribution in [1.29, 1.82) is 0 Å². The summed E-state index contributed by atoms with van der Waals surface area (Å²) in [6, 6.07) is 9.80. The Morgan fingerprint density at radius 2 is 2.25 bits per heavy atom. The fourth-order valence-corrected chi connectivity index (χ4v) is 2.77. The fourth-order valence-electron chi connectivity index (χ4n) is 1.61. The van der Waals surface area contributed by atoms with Gasteiger partial charge in [0.25, 0.3) is 5.91 Å². The van der Waals surface area contributed by atoms with Gasteiger partial charge in [-0.05, 0) is 24.2 Å². The van der Waals surface area contributed by atoms with Gasteiger partial charge in [-0.25, -0.2) is 5.48 Å². The molecular formula is C12H15NO2S. The van der Waals surface area contributed by atoms with Crippen molar-refractivity contribution in [1.82, 2.24) is 5.48 Å². The molecule has 0 aliphatic carbocycles. The van der Waals surface area contributed by atoms with Crippen molar-refractivity contribution in [2.75, 3.05) is 5.75 Å². The minimum atomic E-state index is -0.00145. The van der Waals surface area contributed by atoms with Gasteiger partial charge in [-0.3, -0.25) is 9.63 Å². The van der Waals surface area contributed by atoms with Crippen LogP contribution in [0, 0.1) is 0 Å². The Balaban J connectivity index is 1.70. The Labute approximate surface area is 99.5 Å². The van der Waals surface area contributed by atoms with Gasteiger partial charge in [-0.15, -0.1) is 11.8 Å². The molecule has 2 rings (SSSR count). The van der Waals surface area contributed by atoms with E-state index in [0.29, 0.717) is 6.61 Å². The molecule has 0 spiro atoms. The van der Waals surface area contributed by atoms with Crippen molar-refractivity contribution < 1.29 is 9.63 Å². The van der Waals surface area contributed by atoms with E-state index in [4.69, 9.17) is 4.84 Å². The maximum atomic E-state index is 11.6. The molecule has 0 bridgehead atoms. The maximum Gasteiger partial charge on any atom is 0.256 e. The van der Waals surface area contributed by atoms with Crippen molar-refractivity contribution >= 4 is 17.7 Å². The number of carbonyl (C=O) groups excluding carboxylic acids is 1. The van der Waals surface area contributed by atoms with Gasteiger partial charge in [0, 0.05) is 0 Å². The Morgan fingerprint density at radius 3 is 2.94 bits per heavy atom. The lowest BCUT2D eigenvalue weighted by molar-refractivity contribution is -0.134. The molecule has 1 fully saturated rings. The van der Waals surface area contributed by atoms with Crippen molar-refractivity contribution in [3.8, 4) is 0 Å². The van der Waals surface area contributed by atoms with Gasteiger partial charge >= 0.3 is 0 Å². The first kappa shape index (κ1) is 11.5. The molecule has 0 radical (unpaired) electrons. The molecular weight excluding hydrogens is 222 g/mol. The van der Waals surface area contributed by atoms with E-state index in [9.17, 15) is 4.79 Å². The molecule has 1 heterocycles. The van der Waals surface area contributed by atoms with Crippen LogP contribution in [0.3, 0.4) is 0 Å². The first-order valence-corrected chi connectivity index (χ1v) is 6.48. The van der Waals surface area contributed by atoms with E-state index in [1.807, 2.05) is 30.3 Å². The largest absolute Gasteiger partial charge is 0.272 e. The molecule has 1 aliphatic heterocycles. The smallest absolute Gasteiger partial charge is 0.256 e. The SMILES string of the molecule is O=C(NOCc1ccccc1)C1CCCS1. The Bertz CT molecular complexity index is 336. The van der Waals surface area contributed by atoms with Crippen LogP contribution in [0.15, 0.2) is 30.3 Å². The molecule has 86 valence electrons. The van der Waals surface area contributed by atoms with Gasteiger partial charge in [0.05, 0.1) is 11.9 Å². The molecule has 1 saturated heterocycles. The van der Waals surface area contributed by atoms with E-state index in [2.05, 4.69) is 5.48 Å². The standard InChI is InChI=1S/C12H15NO2S/c14-12(11-7-4-8-16-11)13-15-9-10-5-2-1-3-6-10/h1-3,5-6,11H,4,7-9H2,(H,13,14). The highest BCUT2D eigenvalue weighted by atomic mass is 32.2. The van der Waals surface area contributed by atoms with Crippen molar-refractivity contribution in [2.24, 2.45) is 0 Å². The molecule has 0 aromatic heterocycles. The van der Waals surface area contributed by atoms with Crippen LogP contribution in [-0.2, 0) is 16.2 Å². The lowest BCUT2D eigenvalue weighted by Crippen LogP contribution is -2.31. The van der Waals surface area contributed by atoms with Crippen LogP contribution in [0.5, 0.6) is 0 Å². The summed E-state index contributed by atoms with van der Waals surface area (Å²) in [6.45, 7) is 0.421. The minimum absolute atomic E-state index is 0.00145. The van der Waals surface area contributed by atoms with E-state index in [-0.39, 0.29) is 11.2 Å². The number of rotatable bonds is 4. The van der Waals surface area contributed by atoms with Gasteiger partial charge in [-0.2, -0.15) is 0 Å². The second-order valence-electron chi connectivity index (χ2n) is 3.74. The van der Waals surface area contributed by atoms with Crippen molar-refractivity contribution in [2.45, 2.75) is 24.7 Å². The Kier molecular flexibility index (Phi) is 4.25. The Hall–Kier alpha value is -1.00. The van der Waals surface area contributed by atoms with Crippen LogP contribution >= 0.6 is 11.8 Å². The molecule has 1 N–H and O–H groups in total. The monoisotopic (exact) mass is 237 g/mol. The summed E-state index contributed by atoms with van der Waals surface area (Å²) in [5, 5.41) is 0.0794. The summed E-state index contributed by atoms with van der Waals surface area (Å²) in [7, 11) is 0. The summed E-state index contributed by atoms with van der Waals surface area (Å²) >= 11 is 1.70. The second-order valence-corrected chi connectivity index (χ2v) is 5.05. The number of nitrogens with one attached hydrogen (secondary N) is 1. The van der Waals surface area contributed by atoms with Crippen LogP contribution in [0.25, 0.3) is 0 Å². The van der Waals surface area contributed by atoms with Crippen LogP contribution in [0.1, 0.15) is 18.4 Å². The molecule has 1 aromatic rings. The number of hydrogen-bond acceptors (Lipinski definition) is 3. The first-order chi connectivity index (χ1) is 7.86. The van der Waals surface area contributed by atoms with Crippen LogP contribution in [0.2, 0.25) is 0 Å². The van der Waals surface area contributed by atoms with Gasteiger partial charge in [0.2, 0.25) is 0 Å². The number of hydrogen-bond donors (Lipinski definition) is 1. The highest BCUT2D eigenvalue weighted by Crippen LogP contribution is 2.25. The molecule has 4 heteroatoms. The van der Waals surface area contributed by atoms with Gasteiger partial charge in [0.1, 0.15) is 0 Å². The van der Waals surface area contributed by atoms with Gasteiger partial charge < -0.3 is 0 Å². The summed E-state index contributed by atoms with van der Waals surface area (Å²) in [5.74, 6) is 1.08. The zero-order valence-electron chi connectivity index (χ0n) is 9.02. The summed E-state index contributed by atoms with van der Waals surface area (Å²) in [6.07, 6.45) is 2.09. The summed E-state index contributed by atoms with van der Waals surface area (Å²) in [5.41, 5.74) is 3.57. The summed E-state index contributed by atoms with van der Waals surface area (Å²) < 4.78 is 0. The van der Waals surface area contributed by atoms with Crippen LogP contribution in [-0.4, -0.2) is 16.9 Å². The molecule has 1 aromatic carbocycles. The van der Waals surface area contributed by atoms with Crippen molar-refractivity contribution in [3.63, 3.8) is 0 Å². The van der Waals surface area contributed by atoms with Gasteiger partial charge in [0.15, 0.2) is 0 Å². The lowest BCUT2D eigenvalue weighted by atomic mass is 10.2. The molecule has 3 nitrogen and oxygen atoms in total. The molecule has 1 aliphatic rings. The molecule has 0 saturated carbocycles. The maximum absolute atomic E-state index is 11.6. The minimum Gasteiger partial charge on any atom is -0.272 e. The fraction of sp³-hybridized carbons (Fsp3) is 0.417. The average molecular weight is 237 g/mol. The van der Waals surface area contributed by atoms with E-state index >= 15 is 0 Å². The van der Waals surface area contributed by atoms with E-state index in [0.717, 1.165) is 24.2 Å². The van der Waals surface area contributed by atoms with E-state index < -0.39 is 0 Å². The van der Waals surface area contributed by atoms with E-state index in [1.54, 1.807) is 11.8 Å². The number of amides is 1. The predicted molar refractivity (Wildman–Crippen MR) is 64.9 cm³/mol. The molecule has 16 heavy (non-hydrogen) atoms. The third-order valence-electron chi connectivity index (χ3n) is 2.48. The normalized spacial score (nSPS) is 19.6. The topological polar surface area (TPSA) is 38.3 Å². The summed E-state index contributed by atoms with van der Waals surface area (Å²) in [4.78, 5) is 16.8. The Morgan fingerprint density at radius 1 is 1.44 bits per heavy atom. The van der Waals surface area contributed by atoms with Crippen LogP contribution in [0.4, 0.5) is 0 Å². The number of hydroxylamine groups is 1. The average Bonchev–Trinajstić information content (AvgIpc) is 2.84. The zero-order chi connectivity index (χ0) is 11.2. The highest BCUT2D eigenvalue weighted by molar-refractivity contribution is 8.00. The third-order valence-corrected chi connectivity index (χ3v) is 3.85. The van der Waals surface area contributed by atoms with Gasteiger partial charge in [-0.1, -0.05) is 30.3 Å². The van der Waals surface area contributed by atoms with Crippen molar-refractivity contribution in [3.05, 3.63) is 35.9 Å². The van der Waals surface area contributed by atoms with Crippen LogP contribution < -0.4 is 5.48 Å². The highest BCUT2D eigenvalue weighted by Gasteiger charge is 2.23.